The summed E-state index contributed by atoms with van der Waals surface area (Å²) in [6.45, 7) is 1.98. The molecule has 0 unspecified atom stereocenters. The standard InChI is InChI=1S/C9H8OS/c1-2-3-8-6-7-4-5-11-9(7)10-8/h2-6H,1H3. The van der Waals surface area contributed by atoms with Gasteiger partial charge >= 0.3 is 0 Å². The number of hydrogen-bond donors (Lipinski definition) is 0. The van der Waals surface area contributed by atoms with Crippen LogP contribution in [-0.2, 0) is 0 Å². The van der Waals surface area contributed by atoms with Crippen molar-refractivity contribution in [3.05, 3.63) is 29.3 Å². The molecule has 2 aromatic heterocycles. The molecule has 0 aliphatic heterocycles. The van der Waals surface area contributed by atoms with Gasteiger partial charge in [-0.2, -0.15) is 0 Å². The van der Waals surface area contributed by atoms with Crippen molar-refractivity contribution >= 4 is 27.7 Å². The van der Waals surface area contributed by atoms with Crippen molar-refractivity contribution < 1.29 is 4.42 Å². The van der Waals surface area contributed by atoms with Gasteiger partial charge in [-0.05, 0) is 30.5 Å². The highest BCUT2D eigenvalue weighted by Crippen LogP contribution is 2.24. The van der Waals surface area contributed by atoms with Crippen molar-refractivity contribution in [1.82, 2.24) is 0 Å². The Morgan fingerprint density at radius 3 is 3.18 bits per heavy atom. The lowest BCUT2D eigenvalue weighted by Crippen LogP contribution is -1.55. The highest BCUT2D eigenvalue weighted by atomic mass is 32.1. The summed E-state index contributed by atoms with van der Waals surface area (Å²) in [7, 11) is 0. The minimum atomic E-state index is 0.939. The van der Waals surface area contributed by atoms with E-state index in [9.17, 15) is 0 Å². The van der Waals surface area contributed by atoms with Gasteiger partial charge in [0.05, 0.1) is 0 Å². The number of fused-ring (bicyclic) bond motifs is 1. The van der Waals surface area contributed by atoms with E-state index >= 15 is 0 Å². The van der Waals surface area contributed by atoms with Crippen LogP contribution in [0.5, 0.6) is 0 Å². The third kappa shape index (κ3) is 1.10. The lowest BCUT2D eigenvalue weighted by molar-refractivity contribution is 0.612. The van der Waals surface area contributed by atoms with Crippen LogP contribution < -0.4 is 0 Å². The fourth-order valence-electron chi connectivity index (χ4n) is 1.03. The second kappa shape index (κ2) is 2.55. The van der Waals surface area contributed by atoms with Crippen molar-refractivity contribution in [2.24, 2.45) is 0 Å². The van der Waals surface area contributed by atoms with E-state index in [-0.39, 0.29) is 0 Å². The second-order valence-corrected chi connectivity index (χ2v) is 3.19. The Kier molecular flexibility index (Phi) is 1.55. The van der Waals surface area contributed by atoms with Gasteiger partial charge in [0.2, 0.25) is 0 Å². The molecule has 0 fully saturated rings. The molecule has 2 rings (SSSR count). The monoisotopic (exact) mass is 164 g/mol. The smallest absolute Gasteiger partial charge is 0.188 e. The van der Waals surface area contributed by atoms with Gasteiger partial charge in [-0.15, -0.1) is 11.3 Å². The van der Waals surface area contributed by atoms with Gasteiger partial charge in [0.25, 0.3) is 0 Å². The van der Waals surface area contributed by atoms with Crippen LogP contribution in [0.15, 0.2) is 28.0 Å². The van der Waals surface area contributed by atoms with Gasteiger partial charge in [0.1, 0.15) is 5.76 Å². The largest absolute Gasteiger partial charge is 0.446 e. The second-order valence-electron chi connectivity index (χ2n) is 2.31. The van der Waals surface area contributed by atoms with Crippen molar-refractivity contribution in [2.45, 2.75) is 6.92 Å². The molecule has 2 heterocycles. The molecule has 2 heteroatoms. The first-order valence-corrected chi connectivity index (χ1v) is 4.38. The summed E-state index contributed by atoms with van der Waals surface area (Å²) < 4.78 is 5.48. The zero-order valence-corrected chi connectivity index (χ0v) is 7.02. The predicted molar refractivity (Wildman–Crippen MR) is 48.8 cm³/mol. The van der Waals surface area contributed by atoms with Crippen LogP contribution >= 0.6 is 11.3 Å². The van der Waals surface area contributed by atoms with E-state index in [4.69, 9.17) is 4.42 Å². The molecular weight excluding hydrogens is 156 g/mol. The highest BCUT2D eigenvalue weighted by molar-refractivity contribution is 7.16. The maximum absolute atomic E-state index is 5.48. The number of furan rings is 1. The number of allylic oxidation sites excluding steroid dienone is 1. The van der Waals surface area contributed by atoms with E-state index in [2.05, 4.69) is 6.07 Å². The van der Waals surface area contributed by atoms with Gasteiger partial charge in [-0.25, -0.2) is 0 Å². The molecule has 0 N–H and O–H groups in total. The topological polar surface area (TPSA) is 13.1 Å². The van der Waals surface area contributed by atoms with Crippen LogP contribution in [0.1, 0.15) is 12.7 Å². The van der Waals surface area contributed by atoms with Gasteiger partial charge in [0, 0.05) is 5.39 Å². The SMILES string of the molecule is CC=Cc1cc2ccsc2o1. The minimum absolute atomic E-state index is 0.939. The van der Waals surface area contributed by atoms with E-state index in [0.29, 0.717) is 0 Å². The molecule has 0 aromatic carbocycles. The first-order chi connectivity index (χ1) is 5.40. The first kappa shape index (κ1) is 6.68. The third-order valence-electron chi connectivity index (χ3n) is 1.50. The highest BCUT2D eigenvalue weighted by Gasteiger charge is 1.99. The summed E-state index contributed by atoms with van der Waals surface area (Å²) in [5.74, 6) is 0.939. The third-order valence-corrected chi connectivity index (χ3v) is 2.30. The van der Waals surface area contributed by atoms with Gasteiger partial charge in [0.15, 0.2) is 4.90 Å². The minimum Gasteiger partial charge on any atom is -0.446 e. The zero-order chi connectivity index (χ0) is 7.68. The normalized spacial score (nSPS) is 11.7. The Morgan fingerprint density at radius 1 is 1.55 bits per heavy atom. The van der Waals surface area contributed by atoms with Gasteiger partial charge in [-0.1, -0.05) is 6.08 Å². The van der Waals surface area contributed by atoms with Crippen LogP contribution in [-0.4, -0.2) is 0 Å². The Labute approximate surface area is 69.0 Å². The molecule has 0 atom stereocenters. The lowest BCUT2D eigenvalue weighted by Gasteiger charge is -1.78. The number of rotatable bonds is 1. The summed E-state index contributed by atoms with van der Waals surface area (Å²) in [4.78, 5) is 1.01. The van der Waals surface area contributed by atoms with Crippen LogP contribution in [0, 0.1) is 0 Å². The predicted octanol–water partition coefficient (Wildman–Crippen LogP) is 3.53. The Bertz CT molecular complexity index is 352. The molecule has 0 saturated heterocycles. The maximum Gasteiger partial charge on any atom is 0.188 e. The van der Waals surface area contributed by atoms with Crippen molar-refractivity contribution in [3.63, 3.8) is 0 Å². The number of thiophene rings is 1. The molecule has 0 radical (unpaired) electrons. The molecular formula is C9H8OS. The Balaban J connectivity index is 2.58. The first-order valence-electron chi connectivity index (χ1n) is 3.50. The van der Waals surface area contributed by atoms with E-state index in [1.807, 2.05) is 30.5 Å². The zero-order valence-electron chi connectivity index (χ0n) is 6.20. The molecule has 0 saturated carbocycles. The molecule has 2 aromatic rings. The summed E-state index contributed by atoms with van der Waals surface area (Å²) in [6, 6.07) is 4.11. The molecule has 56 valence electrons. The van der Waals surface area contributed by atoms with E-state index < -0.39 is 0 Å². The summed E-state index contributed by atoms with van der Waals surface area (Å²) >= 11 is 1.63. The molecule has 0 aliphatic rings. The average Bonchev–Trinajstić information content (AvgIpc) is 2.46. The Hall–Kier alpha value is -1.02. The van der Waals surface area contributed by atoms with E-state index in [0.717, 1.165) is 10.7 Å². The van der Waals surface area contributed by atoms with Crippen LogP contribution in [0.25, 0.3) is 16.4 Å². The van der Waals surface area contributed by atoms with Crippen molar-refractivity contribution in [3.8, 4) is 0 Å². The average molecular weight is 164 g/mol. The fraction of sp³-hybridized carbons (Fsp3) is 0.111. The molecule has 11 heavy (non-hydrogen) atoms. The van der Waals surface area contributed by atoms with E-state index in [1.165, 1.54) is 5.39 Å². The number of hydrogen-bond acceptors (Lipinski definition) is 2. The van der Waals surface area contributed by atoms with Crippen LogP contribution in [0.2, 0.25) is 0 Å². The quantitative estimate of drug-likeness (QED) is 0.628. The van der Waals surface area contributed by atoms with E-state index in [1.54, 1.807) is 11.3 Å². The summed E-state index contributed by atoms with van der Waals surface area (Å²) in [5.41, 5.74) is 0. The molecule has 1 nitrogen and oxygen atoms in total. The summed E-state index contributed by atoms with van der Waals surface area (Å²) in [5, 5.41) is 3.23. The molecule has 0 amide bonds. The van der Waals surface area contributed by atoms with Crippen molar-refractivity contribution in [1.29, 1.82) is 0 Å². The molecule has 0 spiro atoms. The Morgan fingerprint density at radius 2 is 2.45 bits per heavy atom. The molecule has 0 aliphatic carbocycles. The van der Waals surface area contributed by atoms with Gasteiger partial charge < -0.3 is 4.42 Å². The van der Waals surface area contributed by atoms with Crippen LogP contribution in [0.4, 0.5) is 0 Å². The summed E-state index contributed by atoms with van der Waals surface area (Å²) in [6.07, 6.45) is 3.94. The van der Waals surface area contributed by atoms with Crippen LogP contribution in [0.3, 0.4) is 0 Å². The van der Waals surface area contributed by atoms with Gasteiger partial charge in [-0.3, -0.25) is 0 Å². The lowest BCUT2D eigenvalue weighted by atomic mass is 10.3. The maximum atomic E-state index is 5.48. The van der Waals surface area contributed by atoms with Crippen molar-refractivity contribution in [2.75, 3.05) is 0 Å². The fourth-order valence-corrected chi connectivity index (χ4v) is 1.78. The molecule has 0 bridgehead atoms.